The zero-order valence-corrected chi connectivity index (χ0v) is 17.0. The Morgan fingerprint density at radius 1 is 1.27 bits per heavy atom. The van der Waals surface area contributed by atoms with Crippen molar-refractivity contribution in [3.05, 3.63) is 47.0 Å². The molecule has 0 bridgehead atoms. The maximum absolute atomic E-state index is 11.8. The van der Waals surface area contributed by atoms with E-state index in [1.54, 1.807) is 11.8 Å². The Bertz CT molecular complexity index is 651. The summed E-state index contributed by atoms with van der Waals surface area (Å²) in [7, 11) is 0. The predicted octanol–water partition coefficient (Wildman–Crippen LogP) is 5.97. The first-order valence-electron chi connectivity index (χ1n) is 10.0. The van der Waals surface area contributed by atoms with Crippen LogP contribution < -0.4 is 0 Å². The van der Waals surface area contributed by atoms with Gasteiger partial charge in [0.2, 0.25) is 0 Å². The Hall–Kier alpha value is -1.22. The minimum Gasteiger partial charge on any atom is -0.478 e. The molecule has 2 nitrogen and oxygen atoms in total. The number of carbonyl (C=O) groups is 1. The minimum atomic E-state index is -0.687. The summed E-state index contributed by atoms with van der Waals surface area (Å²) in [5.74, 6) is 1.54. The van der Waals surface area contributed by atoms with Gasteiger partial charge in [0.15, 0.2) is 0 Å². The highest BCUT2D eigenvalue weighted by Crippen LogP contribution is 2.56. The molecule has 3 atom stereocenters. The summed E-state index contributed by atoms with van der Waals surface area (Å²) in [5.41, 5.74) is 3.77. The molecule has 0 aliphatic heterocycles. The molecule has 0 heterocycles. The van der Waals surface area contributed by atoms with E-state index >= 15 is 0 Å². The Balaban J connectivity index is 1.87. The van der Waals surface area contributed by atoms with Crippen LogP contribution in [0, 0.1) is 17.3 Å². The number of carboxylic acids is 1. The van der Waals surface area contributed by atoms with Crippen LogP contribution in [-0.4, -0.2) is 23.1 Å². The Morgan fingerprint density at radius 3 is 2.73 bits per heavy atom. The van der Waals surface area contributed by atoms with Crippen molar-refractivity contribution in [3.8, 4) is 0 Å². The van der Waals surface area contributed by atoms with E-state index in [0.29, 0.717) is 29.2 Å². The van der Waals surface area contributed by atoms with Crippen molar-refractivity contribution in [1.29, 1.82) is 0 Å². The summed E-state index contributed by atoms with van der Waals surface area (Å²) >= 11 is 1.74. The van der Waals surface area contributed by atoms with E-state index in [1.165, 1.54) is 30.4 Å². The van der Waals surface area contributed by atoms with Crippen LogP contribution >= 0.6 is 11.8 Å². The summed E-state index contributed by atoms with van der Waals surface area (Å²) in [6, 6.07) is 10.9. The Labute approximate surface area is 162 Å². The van der Waals surface area contributed by atoms with Crippen molar-refractivity contribution in [2.24, 2.45) is 17.3 Å². The fourth-order valence-corrected chi connectivity index (χ4v) is 5.89. The molecular formula is C23H32O2S. The first-order valence-corrected chi connectivity index (χ1v) is 11.4. The smallest absolute Gasteiger partial charge is 0.331 e. The van der Waals surface area contributed by atoms with E-state index in [9.17, 15) is 9.90 Å². The Kier molecular flexibility index (Phi) is 6.50. The first kappa shape index (κ1) is 19.5. The van der Waals surface area contributed by atoms with Gasteiger partial charge in [0.1, 0.15) is 0 Å². The summed E-state index contributed by atoms with van der Waals surface area (Å²) < 4.78 is 0. The van der Waals surface area contributed by atoms with Crippen LogP contribution in [0.2, 0.25) is 0 Å². The van der Waals surface area contributed by atoms with Crippen molar-refractivity contribution in [1.82, 2.24) is 0 Å². The molecule has 2 saturated carbocycles. The molecule has 1 unspecified atom stereocenters. The average molecular weight is 373 g/mol. The first-order chi connectivity index (χ1) is 12.6. The third-order valence-electron chi connectivity index (χ3n) is 6.84. The van der Waals surface area contributed by atoms with Crippen molar-refractivity contribution in [3.63, 3.8) is 0 Å². The molecule has 1 aromatic carbocycles. The standard InChI is InChI=1S/C23H32O2S/c1-17-7-6-12-23(16-18-8-4-3-5-9-18)13-10-19(15-21(17)23)20(22(24)25)11-14-26-2/h3-5,8-9,17,21H,6-7,10-16H2,1-2H3,(H,24,25)/b20-19+/t17-,21?,23+/m0/s1. The van der Waals surface area contributed by atoms with Gasteiger partial charge in [-0.2, -0.15) is 11.8 Å². The average Bonchev–Trinajstić information content (AvgIpc) is 2.63. The quantitative estimate of drug-likeness (QED) is 0.625. The molecule has 0 radical (unpaired) electrons. The lowest BCUT2D eigenvalue weighted by molar-refractivity contribution is -0.132. The van der Waals surface area contributed by atoms with Gasteiger partial charge in [0, 0.05) is 5.57 Å². The highest BCUT2D eigenvalue weighted by molar-refractivity contribution is 7.98. The van der Waals surface area contributed by atoms with Crippen molar-refractivity contribution < 1.29 is 9.90 Å². The molecule has 1 N–H and O–H groups in total. The molecule has 26 heavy (non-hydrogen) atoms. The summed E-state index contributed by atoms with van der Waals surface area (Å²) in [5, 5.41) is 9.75. The van der Waals surface area contributed by atoms with Crippen molar-refractivity contribution >= 4 is 17.7 Å². The highest BCUT2D eigenvalue weighted by Gasteiger charge is 2.46. The fourth-order valence-electron chi connectivity index (χ4n) is 5.49. The number of fused-ring (bicyclic) bond motifs is 1. The summed E-state index contributed by atoms with van der Waals surface area (Å²) in [6.07, 6.45) is 11.0. The third-order valence-corrected chi connectivity index (χ3v) is 7.45. The number of thioether (sulfide) groups is 1. The maximum atomic E-state index is 11.8. The second-order valence-electron chi connectivity index (χ2n) is 8.33. The van der Waals surface area contributed by atoms with Crippen LogP contribution in [0.5, 0.6) is 0 Å². The van der Waals surface area contributed by atoms with E-state index in [2.05, 4.69) is 43.5 Å². The molecule has 3 rings (SSSR count). The highest BCUT2D eigenvalue weighted by atomic mass is 32.2. The van der Waals surface area contributed by atoms with Gasteiger partial charge in [-0.3, -0.25) is 0 Å². The van der Waals surface area contributed by atoms with Crippen LogP contribution in [0.25, 0.3) is 0 Å². The van der Waals surface area contributed by atoms with Gasteiger partial charge < -0.3 is 5.11 Å². The SMILES string of the molecule is CSCC/C(C(=O)O)=C1/CC[C@@]2(Cc3ccccc3)CCC[C@H](C)C2C1. The van der Waals surface area contributed by atoms with Crippen molar-refractivity contribution in [2.75, 3.05) is 12.0 Å². The number of carboxylic acid groups (broad SMARTS) is 1. The van der Waals surface area contributed by atoms with Gasteiger partial charge >= 0.3 is 5.97 Å². The fraction of sp³-hybridized carbons (Fsp3) is 0.609. The lowest BCUT2D eigenvalue weighted by Crippen LogP contribution is -2.43. The van der Waals surface area contributed by atoms with Gasteiger partial charge in [-0.15, -0.1) is 0 Å². The maximum Gasteiger partial charge on any atom is 0.331 e. The van der Waals surface area contributed by atoms with E-state index < -0.39 is 5.97 Å². The van der Waals surface area contributed by atoms with Crippen molar-refractivity contribution in [2.45, 2.75) is 58.3 Å². The molecular weight excluding hydrogens is 340 g/mol. The molecule has 0 aromatic heterocycles. The van der Waals surface area contributed by atoms with Crippen LogP contribution in [0.1, 0.15) is 57.4 Å². The molecule has 0 amide bonds. The van der Waals surface area contributed by atoms with Crippen LogP contribution in [-0.2, 0) is 11.2 Å². The van der Waals surface area contributed by atoms with Gasteiger partial charge in [-0.1, -0.05) is 55.7 Å². The van der Waals surface area contributed by atoms with Gasteiger partial charge in [0.05, 0.1) is 0 Å². The third kappa shape index (κ3) is 4.19. The summed E-state index contributed by atoms with van der Waals surface area (Å²) in [4.78, 5) is 11.8. The van der Waals surface area contributed by atoms with E-state index in [1.807, 2.05) is 0 Å². The minimum absolute atomic E-state index is 0.367. The largest absolute Gasteiger partial charge is 0.478 e. The second-order valence-corrected chi connectivity index (χ2v) is 9.32. The number of allylic oxidation sites excluding steroid dienone is 1. The molecule has 2 aliphatic rings. The molecule has 142 valence electrons. The van der Waals surface area contributed by atoms with Gasteiger partial charge in [-0.05, 0) is 73.3 Å². The topological polar surface area (TPSA) is 37.3 Å². The molecule has 0 spiro atoms. The molecule has 0 saturated heterocycles. The van der Waals surface area contributed by atoms with Gasteiger partial charge in [-0.25, -0.2) is 4.79 Å². The molecule has 2 aliphatic carbocycles. The second kappa shape index (κ2) is 8.65. The predicted molar refractivity (Wildman–Crippen MR) is 111 cm³/mol. The van der Waals surface area contributed by atoms with Crippen LogP contribution in [0.4, 0.5) is 0 Å². The monoisotopic (exact) mass is 372 g/mol. The van der Waals surface area contributed by atoms with E-state index in [0.717, 1.165) is 31.4 Å². The number of hydrogen-bond donors (Lipinski definition) is 1. The van der Waals surface area contributed by atoms with Crippen LogP contribution in [0.3, 0.4) is 0 Å². The van der Waals surface area contributed by atoms with Crippen LogP contribution in [0.15, 0.2) is 41.5 Å². The number of benzene rings is 1. The molecule has 3 heteroatoms. The lowest BCUT2D eigenvalue weighted by atomic mass is 9.53. The summed E-state index contributed by atoms with van der Waals surface area (Å²) in [6.45, 7) is 2.40. The lowest BCUT2D eigenvalue weighted by Gasteiger charge is -2.52. The zero-order chi connectivity index (χ0) is 18.6. The van der Waals surface area contributed by atoms with E-state index in [4.69, 9.17) is 0 Å². The van der Waals surface area contributed by atoms with Gasteiger partial charge in [0.25, 0.3) is 0 Å². The number of aliphatic carboxylic acids is 1. The number of rotatable bonds is 6. The van der Waals surface area contributed by atoms with E-state index in [-0.39, 0.29) is 0 Å². The molecule has 2 fully saturated rings. The number of hydrogen-bond acceptors (Lipinski definition) is 2. The zero-order valence-electron chi connectivity index (χ0n) is 16.2. The Morgan fingerprint density at radius 2 is 2.04 bits per heavy atom. The normalized spacial score (nSPS) is 30.5. The molecule has 1 aromatic rings.